The molecule has 0 amide bonds. The third kappa shape index (κ3) is 2.00. The fourth-order valence-corrected chi connectivity index (χ4v) is 1.86. The number of fused-ring (bicyclic) bond motifs is 1. The van der Waals surface area contributed by atoms with Crippen molar-refractivity contribution < 1.29 is 4.42 Å². The molecule has 2 aromatic carbocycles. The summed E-state index contributed by atoms with van der Waals surface area (Å²) in [4.78, 5) is 4.09. The first-order valence-electron chi connectivity index (χ1n) is 5.73. The lowest BCUT2D eigenvalue weighted by Crippen LogP contribution is -2.01. The number of oxazole rings is 1. The molecule has 0 fully saturated rings. The predicted octanol–water partition coefficient (Wildman–Crippen LogP) is 3.02. The summed E-state index contributed by atoms with van der Waals surface area (Å²) in [6.07, 6.45) is 1.46. The molecule has 0 atom stereocenters. The summed E-state index contributed by atoms with van der Waals surface area (Å²) < 4.78 is 5.27. The van der Waals surface area contributed by atoms with Crippen molar-refractivity contribution in [3.05, 3.63) is 54.4 Å². The Labute approximate surface area is 104 Å². The first-order valence-corrected chi connectivity index (χ1v) is 5.73. The third-order valence-corrected chi connectivity index (χ3v) is 2.84. The van der Waals surface area contributed by atoms with Crippen molar-refractivity contribution in [1.29, 1.82) is 0 Å². The largest absolute Gasteiger partial charge is 0.443 e. The van der Waals surface area contributed by atoms with Crippen molar-refractivity contribution in [3.63, 3.8) is 0 Å². The summed E-state index contributed by atoms with van der Waals surface area (Å²) in [6.45, 7) is 0.699. The van der Waals surface area contributed by atoms with Crippen molar-refractivity contribution in [3.8, 4) is 0 Å². The van der Waals surface area contributed by atoms with Gasteiger partial charge >= 0.3 is 0 Å². The smallest absolute Gasteiger partial charge is 0.181 e. The van der Waals surface area contributed by atoms with Gasteiger partial charge in [0.25, 0.3) is 0 Å². The van der Waals surface area contributed by atoms with E-state index >= 15 is 0 Å². The number of nitrogens with one attached hydrogen (secondary N) is 1. The third-order valence-electron chi connectivity index (χ3n) is 2.84. The van der Waals surface area contributed by atoms with E-state index in [1.165, 1.54) is 6.39 Å². The molecular formula is C14H13N3O. The maximum atomic E-state index is 5.87. The van der Waals surface area contributed by atoms with Crippen molar-refractivity contribution >= 4 is 22.5 Å². The number of para-hydroxylation sites is 2. The Morgan fingerprint density at radius 1 is 1.17 bits per heavy atom. The monoisotopic (exact) mass is 239 g/mol. The normalized spacial score (nSPS) is 10.7. The second kappa shape index (κ2) is 4.41. The van der Waals surface area contributed by atoms with Gasteiger partial charge in [-0.3, -0.25) is 0 Å². The van der Waals surface area contributed by atoms with Gasteiger partial charge in [-0.15, -0.1) is 0 Å². The van der Waals surface area contributed by atoms with E-state index in [1.54, 1.807) is 0 Å². The highest BCUT2D eigenvalue weighted by molar-refractivity contribution is 5.73. The molecule has 1 aromatic heterocycles. The van der Waals surface area contributed by atoms with E-state index in [2.05, 4.69) is 10.3 Å². The summed E-state index contributed by atoms with van der Waals surface area (Å²) in [5.41, 5.74) is 10.4. The molecule has 3 aromatic rings. The van der Waals surface area contributed by atoms with E-state index in [0.29, 0.717) is 6.54 Å². The van der Waals surface area contributed by atoms with Crippen molar-refractivity contribution in [2.45, 2.75) is 6.54 Å². The molecule has 0 saturated heterocycles. The average molecular weight is 239 g/mol. The minimum Gasteiger partial charge on any atom is -0.443 e. The Morgan fingerprint density at radius 2 is 2.06 bits per heavy atom. The molecule has 1 heterocycles. The summed E-state index contributed by atoms with van der Waals surface area (Å²) in [5.74, 6) is 0. The summed E-state index contributed by atoms with van der Waals surface area (Å²) in [6, 6.07) is 13.7. The van der Waals surface area contributed by atoms with Gasteiger partial charge in [0, 0.05) is 6.54 Å². The lowest BCUT2D eigenvalue weighted by atomic mass is 10.2. The first-order chi connectivity index (χ1) is 8.83. The molecule has 3 N–H and O–H groups in total. The van der Waals surface area contributed by atoms with Gasteiger partial charge < -0.3 is 15.5 Å². The van der Waals surface area contributed by atoms with E-state index in [9.17, 15) is 0 Å². The van der Waals surface area contributed by atoms with E-state index in [-0.39, 0.29) is 0 Å². The maximum Gasteiger partial charge on any atom is 0.181 e. The highest BCUT2D eigenvalue weighted by Crippen LogP contribution is 2.19. The maximum absolute atomic E-state index is 5.87. The van der Waals surface area contributed by atoms with Crippen LogP contribution in [0.4, 0.5) is 11.4 Å². The number of aromatic nitrogens is 1. The van der Waals surface area contributed by atoms with Crippen molar-refractivity contribution in [1.82, 2.24) is 4.98 Å². The number of nitrogen functional groups attached to an aromatic ring is 1. The Kier molecular flexibility index (Phi) is 2.61. The van der Waals surface area contributed by atoms with Gasteiger partial charge in [0.15, 0.2) is 12.0 Å². The van der Waals surface area contributed by atoms with Crippen LogP contribution in [0.3, 0.4) is 0 Å². The van der Waals surface area contributed by atoms with Gasteiger partial charge in [-0.25, -0.2) is 4.98 Å². The molecule has 0 bridgehead atoms. The lowest BCUT2D eigenvalue weighted by molar-refractivity contribution is 0.602. The number of anilines is 2. The number of nitrogens with zero attached hydrogens (tertiary/aromatic N) is 1. The molecule has 0 aliphatic rings. The van der Waals surface area contributed by atoms with E-state index in [1.807, 2.05) is 42.5 Å². The zero-order valence-corrected chi connectivity index (χ0v) is 9.76. The van der Waals surface area contributed by atoms with Gasteiger partial charge in [0.1, 0.15) is 5.52 Å². The number of rotatable bonds is 3. The van der Waals surface area contributed by atoms with Crippen LogP contribution < -0.4 is 11.1 Å². The molecule has 90 valence electrons. The standard InChI is InChI=1S/C14H13N3O/c15-11-3-1-2-4-12(11)16-8-10-5-6-13-14(7-10)18-9-17-13/h1-7,9,16H,8,15H2. The highest BCUT2D eigenvalue weighted by atomic mass is 16.3. The Hall–Kier alpha value is -2.49. The quantitative estimate of drug-likeness (QED) is 0.689. The summed E-state index contributed by atoms with van der Waals surface area (Å²) in [7, 11) is 0. The molecular weight excluding hydrogens is 226 g/mol. The topological polar surface area (TPSA) is 64.1 Å². The van der Waals surface area contributed by atoms with Crippen LogP contribution in [0, 0.1) is 0 Å². The first kappa shape index (κ1) is 10.7. The van der Waals surface area contributed by atoms with Gasteiger partial charge in [0.05, 0.1) is 11.4 Å². The molecule has 0 saturated carbocycles. The van der Waals surface area contributed by atoms with Crippen LogP contribution in [0.2, 0.25) is 0 Å². The Bertz CT molecular complexity index is 675. The Balaban J connectivity index is 1.78. The molecule has 0 radical (unpaired) electrons. The molecule has 0 spiro atoms. The van der Waals surface area contributed by atoms with Crippen LogP contribution in [0.5, 0.6) is 0 Å². The molecule has 0 aliphatic heterocycles. The fourth-order valence-electron chi connectivity index (χ4n) is 1.86. The van der Waals surface area contributed by atoms with Crippen LogP contribution >= 0.6 is 0 Å². The van der Waals surface area contributed by atoms with Crippen molar-refractivity contribution in [2.75, 3.05) is 11.1 Å². The van der Waals surface area contributed by atoms with Crippen LogP contribution in [0.15, 0.2) is 53.3 Å². The van der Waals surface area contributed by atoms with Gasteiger partial charge in [-0.2, -0.15) is 0 Å². The van der Waals surface area contributed by atoms with Gasteiger partial charge in [0.2, 0.25) is 0 Å². The summed E-state index contributed by atoms with van der Waals surface area (Å²) in [5, 5.41) is 3.30. The fraction of sp³-hybridized carbons (Fsp3) is 0.0714. The van der Waals surface area contributed by atoms with Crippen molar-refractivity contribution in [2.24, 2.45) is 0 Å². The molecule has 18 heavy (non-hydrogen) atoms. The zero-order chi connectivity index (χ0) is 12.4. The van der Waals surface area contributed by atoms with Gasteiger partial charge in [-0.05, 0) is 29.8 Å². The predicted molar refractivity (Wildman–Crippen MR) is 72.2 cm³/mol. The minimum absolute atomic E-state index is 0.699. The second-order valence-electron chi connectivity index (χ2n) is 4.10. The molecule has 3 rings (SSSR count). The minimum atomic E-state index is 0.699. The van der Waals surface area contributed by atoms with Crippen LogP contribution in [0.1, 0.15) is 5.56 Å². The Morgan fingerprint density at radius 3 is 2.94 bits per heavy atom. The van der Waals surface area contributed by atoms with E-state index in [4.69, 9.17) is 10.2 Å². The SMILES string of the molecule is Nc1ccccc1NCc1ccc2ncoc2c1. The molecule has 0 unspecified atom stereocenters. The number of hydrogen-bond acceptors (Lipinski definition) is 4. The number of hydrogen-bond donors (Lipinski definition) is 2. The van der Waals surface area contributed by atoms with E-state index < -0.39 is 0 Å². The number of benzene rings is 2. The molecule has 4 heteroatoms. The zero-order valence-electron chi connectivity index (χ0n) is 9.76. The lowest BCUT2D eigenvalue weighted by Gasteiger charge is -2.08. The van der Waals surface area contributed by atoms with E-state index in [0.717, 1.165) is 28.0 Å². The van der Waals surface area contributed by atoms with Crippen LogP contribution in [-0.4, -0.2) is 4.98 Å². The van der Waals surface area contributed by atoms with Gasteiger partial charge in [-0.1, -0.05) is 18.2 Å². The van der Waals surface area contributed by atoms with Crippen LogP contribution in [0.25, 0.3) is 11.1 Å². The average Bonchev–Trinajstić information content (AvgIpc) is 2.85. The molecule has 4 nitrogen and oxygen atoms in total. The second-order valence-corrected chi connectivity index (χ2v) is 4.10. The molecule has 0 aliphatic carbocycles. The summed E-state index contributed by atoms with van der Waals surface area (Å²) >= 11 is 0. The number of nitrogens with two attached hydrogens (primary N) is 1. The highest BCUT2D eigenvalue weighted by Gasteiger charge is 2.01. The van der Waals surface area contributed by atoms with Crippen LogP contribution in [-0.2, 0) is 6.54 Å².